The van der Waals surface area contributed by atoms with Gasteiger partial charge in [0.2, 0.25) is 0 Å². The third kappa shape index (κ3) is 4.25. The van der Waals surface area contributed by atoms with Gasteiger partial charge < -0.3 is 5.32 Å². The first-order valence-electron chi connectivity index (χ1n) is 8.43. The minimum Gasteiger partial charge on any atom is -0.346 e. The van der Waals surface area contributed by atoms with E-state index in [0.29, 0.717) is 26.3 Å². The van der Waals surface area contributed by atoms with Crippen molar-refractivity contribution in [2.45, 2.75) is 6.54 Å². The zero-order valence-electron chi connectivity index (χ0n) is 14.8. The molecule has 0 radical (unpaired) electrons. The molecule has 0 saturated heterocycles. The third-order valence-corrected chi connectivity index (χ3v) is 5.27. The highest BCUT2D eigenvalue weighted by atomic mass is 35.5. The van der Waals surface area contributed by atoms with Crippen molar-refractivity contribution in [2.75, 3.05) is 0 Å². The van der Waals surface area contributed by atoms with Crippen LogP contribution in [0.4, 0.5) is 4.39 Å². The molecule has 1 N–H and O–H groups in total. The summed E-state index contributed by atoms with van der Waals surface area (Å²) in [5.74, 6) is -0.734. The molecule has 0 fully saturated rings. The lowest BCUT2D eigenvalue weighted by Crippen LogP contribution is -2.21. The topological polar surface area (TPSA) is 81.8 Å². The van der Waals surface area contributed by atoms with Crippen LogP contribution in [0, 0.1) is 5.82 Å². The Morgan fingerprint density at radius 2 is 1.83 bits per heavy atom. The quantitative estimate of drug-likeness (QED) is 0.528. The first-order valence-corrected chi connectivity index (χ1v) is 9.63. The standard InChI is InChI=1S/C19H13ClFN5O2S/c20-17-7-6-16(29-17)19(28)22-9-13-11-26(24-23-13)15-4-2-14(3-5-15)25-10-12(21)1-8-18(25)27/h1-8,10-11H,9H2,(H,22,28). The van der Waals surface area contributed by atoms with Gasteiger partial charge in [-0.1, -0.05) is 16.8 Å². The predicted octanol–water partition coefficient (Wildman–Crippen LogP) is 3.20. The van der Waals surface area contributed by atoms with Crippen LogP contribution in [0.1, 0.15) is 15.4 Å². The maximum atomic E-state index is 13.4. The van der Waals surface area contributed by atoms with Gasteiger partial charge in [-0.15, -0.1) is 16.4 Å². The van der Waals surface area contributed by atoms with Gasteiger partial charge in [0.1, 0.15) is 11.5 Å². The summed E-state index contributed by atoms with van der Waals surface area (Å²) < 4.78 is 16.7. The predicted molar refractivity (Wildman–Crippen MR) is 107 cm³/mol. The lowest BCUT2D eigenvalue weighted by atomic mass is 10.2. The van der Waals surface area contributed by atoms with Gasteiger partial charge in [-0.25, -0.2) is 9.07 Å². The number of aromatic nitrogens is 4. The van der Waals surface area contributed by atoms with Crippen molar-refractivity contribution in [1.82, 2.24) is 24.9 Å². The fraction of sp³-hybridized carbons (Fsp3) is 0.0526. The minimum absolute atomic E-state index is 0.213. The summed E-state index contributed by atoms with van der Waals surface area (Å²) >= 11 is 7.03. The monoisotopic (exact) mass is 429 g/mol. The molecule has 3 aromatic heterocycles. The number of nitrogens with one attached hydrogen (secondary N) is 1. The van der Waals surface area contributed by atoms with Gasteiger partial charge in [0, 0.05) is 18.0 Å². The highest BCUT2D eigenvalue weighted by Gasteiger charge is 2.10. The van der Waals surface area contributed by atoms with E-state index in [0.717, 1.165) is 12.3 Å². The second-order valence-corrected chi connectivity index (χ2v) is 7.73. The fourth-order valence-corrected chi connectivity index (χ4v) is 3.59. The van der Waals surface area contributed by atoms with Gasteiger partial charge in [0.25, 0.3) is 11.5 Å². The number of hydrogen-bond donors (Lipinski definition) is 1. The van der Waals surface area contributed by atoms with Crippen molar-refractivity contribution in [2.24, 2.45) is 0 Å². The van der Waals surface area contributed by atoms with E-state index >= 15 is 0 Å². The molecule has 0 bridgehead atoms. The molecule has 10 heteroatoms. The lowest BCUT2D eigenvalue weighted by Gasteiger charge is -2.06. The van der Waals surface area contributed by atoms with E-state index in [1.807, 2.05) is 0 Å². The van der Waals surface area contributed by atoms with Gasteiger partial charge in [0.15, 0.2) is 0 Å². The molecule has 0 aliphatic rings. The van der Waals surface area contributed by atoms with Crippen LogP contribution < -0.4 is 10.9 Å². The number of benzene rings is 1. The molecule has 0 saturated carbocycles. The zero-order chi connectivity index (χ0) is 20.4. The Morgan fingerprint density at radius 3 is 2.55 bits per heavy atom. The van der Waals surface area contributed by atoms with Crippen LogP contribution in [0.25, 0.3) is 11.4 Å². The summed E-state index contributed by atoms with van der Waals surface area (Å²) in [6.45, 7) is 0.213. The van der Waals surface area contributed by atoms with Crippen LogP contribution in [0.2, 0.25) is 4.34 Å². The van der Waals surface area contributed by atoms with Gasteiger partial charge in [-0.2, -0.15) is 0 Å². The number of rotatable bonds is 5. The zero-order valence-corrected chi connectivity index (χ0v) is 16.3. The van der Waals surface area contributed by atoms with Crippen molar-refractivity contribution < 1.29 is 9.18 Å². The van der Waals surface area contributed by atoms with Crippen molar-refractivity contribution in [3.8, 4) is 11.4 Å². The Kier molecular flexibility index (Phi) is 5.24. The van der Waals surface area contributed by atoms with Gasteiger partial charge in [-0.05, 0) is 42.5 Å². The van der Waals surface area contributed by atoms with Crippen LogP contribution in [0.15, 0.2) is 65.7 Å². The SMILES string of the molecule is O=C(NCc1cn(-c2ccc(-n3cc(F)ccc3=O)cc2)nn1)c1ccc(Cl)s1. The normalized spacial score (nSPS) is 10.8. The van der Waals surface area contributed by atoms with Crippen LogP contribution in [-0.4, -0.2) is 25.5 Å². The van der Waals surface area contributed by atoms with Crippen LogP contribution in [0.5, 0.6) is 0 Å². The average molecular weight is 430 g/mol. The Morgan fingerprint density at radius 1 is 1.07 bits per heavy atom. The number of amides is 1. The fourth-order valence-electron chi connectivity index (χ4n) is 2.63. The molecule has 7 nitrogen and oxygen atoms in total. The first-order chi connectivity index (χ1) is 14.0. The van der Waals surface area contributed by atoms with E-state index in [2.05, 4.69) is 15.6 Å². The van der Waals surface area contributed by atoms with E-state index in [9.17, 15) is 14.0 Å². The highest BCUT2D eigenvalue weighted by molar-refractivity contribution is 7.17. The number of carbonyl (C=O) groups excluding carboxylic acids is 1. The van der Waals surface area contributed by atoms with Gasteiger partial charge >= 0.3 is 0 Å². The molecule has 4 aromatic rings. The smallest absolute Gasteiger partial charge is 0.261 e. The van der Waals surface area contributed by atoms with Crippen molar-refractivity contribution in [1.29, 1.82) is 0 Å². The van der Waals surface area contributed by atoms with Crippen molar-refractivity contribution >= 4 is 28.8 Å². The molecule has 1 amide bonds. The van der Waals surface area contributed by atoms with Crippen molar-refractivity contribution in [3.05, 3.63) is 92.0 Å². The third-order valence-electron chi connectivity index (χ3n) is 4.04. The average Bonchev–Trinajstić information content (AvgIpc) is 3.37. The van der Waals surface area contributed by atoms with E-state index in [1.54, 1.807) is 47.3 Å². The molecule has 0 spiro atoms. The molecule has 0 unspecified atom stereocenters. The number of hydrogen-bond acceptors (Lipinski definition) is 5. The Bertz CT molecular complexity index is 1230. The van der Waals surface area contributed by atoms with E-state index in [-0.39, 0.29) is 18.0 Å². The van der Waals surface area contributed by atoms with E-state index in [4.69, 9.17) is 11.6 Å². The summed E-state index contributed by atoms with van der Waals surface area (Å²) in [6.07, 6.45) is 2.82. The number of carbonyl (C=O) groups is 1. The van der Waals surface area contributed by atoms with Crippen molar-refractivity contribution in [3.63, 3.8) is 0 Å². The molecule has 3 heterocycles. The second kappa shape index (κ2) is 7.98. The van der Waals surface area contributed by atoms with Gasteiger partial charge in [-0.3, -0.25) is 14.2 Å². The molecule has 29 heavy (non-hydrogen) atoms. The van der Waals surface area contributed by atoms with E-state index in [1.165, 1.54) is 22.0 Å². The van der Waals surface area contributed by atoms with E-state index < -0.39 is 5.82 Å². The van der Waals surface area contributed by atoms with Gasteiger partial charge in [0.05, 0.1) is 27.6 Å². The number of thiophene rings is 1. The summed E-state index contributed by atoms with van der Waals surface area (Å²) in [5, 5.41) is 10.8. The molecule has 0 aliphatic heterocycles. The molecule has 0 atom stereocenters. The molecule has 0 aliphatic carbocycles. The number of nitrogens with zero attached hydrogens (tertiary/aromatic N) is 4. The first kappa shape index (κ1) is 19.0. The largest absolute Gasteiger partial charge is 0.346 e. The molecule has 4 rings (SSSR count). The summed E-state index contributed by atoms with van der Waals surface area (Å²) in [4.78, 5) is 24.5. The summed E-state index contributed by atoms with van der Waals surface area (Å²) in [7, 11) is 0. The Balaban J connectivity index is 1.46. The number of halogens is 2. The maximum absolute atomic E-state index is 13.4. The Labute approximate surface area is 173 Å². The Hall–Kier alpha value is -3.30. The second-order valence-electron chi connectivity index (χ2n) is 6.01. The summed E-state index contributed by atoms with van der Waals surface area (Å²) in [6, 6.07) is 12.4. The molecular formula is C19H13ClFN5O2S. The number of pyridine rings is 1. The lowest BCUT2D eigenvalue weighted by molar-refractivity contribution is 0.0954. The molecular weight excluding hydrogens is 417 g/mol. The molecule has 146 valence electrons. The van der Waals surface area contributed by atoms with Crippen LogP contribution in [0.3, 0.4) is 0 Å². The van der Waals surface area contributed by atoms with Crippen LogP contribution in [-0.2, 0) is 6.54 Å². The highest BCUT2D eigenvalue weighted by Crippen LogP contribution is 2.21. The molecule has 1 aromatic carbocycles. The summed E-state index contributed by atoms with van der Waals surface area (Å²) in [5.41, 5.74) is 1.48. The van der Waals surface area contributed by atoms with Crippen LogP contribution >= 0.6 is 22.9 Å². The minimum atomic E-state index is -0.499. The maximum Gasteiger partial charge on any atom is 0.261 e.